The van der Waals surface area contributed by atoms with Crippen molar-refractivity contribution in [1.82, 2.24) is 4.31 Å². The van der Waals surface area contributed by atoms with Gasteiger partial charge in [-0.2, -0.15) is 4.31 Å². The predicted octanol–water partition coefficient (Wildman–Crippen LogP) is 2.81. The van der Waals surface area contributed by atoms with Crippen LogP contribution in [0.5, 0.6) is 5.75 Å². The topological polar surface area (TPSA) is 127 Å². The number of carbonyl (C=O) groups is 2. The Labute approximate surface area is 196 Å². The van der Waals surface area contributed by atoms with Gasteiger partial charge in [-0.15, -0.1) is 0 Å². The van der Waals surface area contributed by atoms with E-state index < -0.39 is 21.8 Å². The summed E-state index contributed by atoms with van der Waals surface area (Å²) in [5.74, 6) is -0.497. The van der Waals surface area contributed by atoms with E-state index in [0.717, 1.165) is 0 Å². The fraction of sp³-hybridized carbons (Fsp3) is 0.217. The van der Waals surface area contributed by atoms with E-state index in [1.807, 2.05) is 0 Å². The quantitative estimate of drug-likeness (QED) is 0.527. The summed E-state index contributed by atoms with van der Waals surface area (Å²) < 4.78 is 43.1. The van der Waals surface area contributed by atoms with Crippen LogP contribution in [0, 0.1) is 0 Å². The minimum Gasteiger partial charge on any atom is -0.495 e. The Morgan fingerprint density at radius 2 is 1.62 bits per heavy atom. The number of carbonyl (C=O) groups excluding carboxylic acids is 2. The molecule has 1 aromatic heterocycles. The number of furan rings is 1. The van der Waals surface area contributed by atoms with Crippen LogP contribution < -0.4 is 15.4 Å². The molecule has 0 saturated carbocycles. The Hall–Kier alpha value is -3.67. The first kappa shape index (κ1) is 23.5. The SMILES string of the molecule is COc1ccc(NC(=O)c2ccc(NC(=O)c3ccco3)cc2)cc1S(=O)(=O)N1CCOCC1. The van der Waals surface area contributed by atoms with Crippen molar-refractivity contribution in [3.05, 3.63) is 72.2 Å². The molecular formula is C23H23N3O7S. The lowest BCUT2D eigenvalue weighted by Gasteiger charge is -2.26. The van der Waals surface area contributed by atoms with Gasteiger partial charge in [0.25, 0.3) is 11.8 Å². The highest BCUT2D eigenvalue weighted by atomic mass is 32.2. The van der Waals surface area contributed by atoms with Gasteiger partial charge in [-0.3, -0.25) is 9.59 Å². The molecule has 0 spiro atoms. The molecule has 0 atom stereocenters. The van der Waals surface area contributed by atoms with Gasteiger partial charge in [0.1, 0.15) is 10.6 Å². The van der Waals surface area contributed by atoms with Crippen molar-refractivity contribution < 1.29 is 31.9 Å². The van der Waals surface area contributed by atoms with Gasteiger partial charge in [-0.25, -0.2) is 8.42 Å². The number of ether oxygens (including phenoxy) is 2. The number of morpholine rings is 1. The van der Waals surface area contributed by atoms with Crippen LogP contribution in [-0.2, 0) is 14.8 Å². The molecule has 2 heterocycles. The van der Waals surface area contributed by atoms with E-state index in [2.05, 4.69) is 10.6 Å². The van der Waals surface area contributed by atoms with Crippen molar-refractivity contribution in [3.63, 3.8) is 0 Å². The molecule has 11 heteroatoms. The summed E-state index contributed by atoms with van der Waals surface area (Å²) in [5, 5.41) is 5.37. The van der Waals surface area contributed by atoms with E-state index in [9.17, 15) is 18.0 Å². The molecule has 2 N–H and O–H groups in total. The third-order valence-corrected chi connectivity index (χ3v) is 7.08. The molecule has 2 aromatic carbocycles. The van der Waals surface area contributed by atoms with Gasteiger partial charge in [0, 0.05) is 30.0 Å². The van der Waals surface area contributed by atoms with E-state index in [1.165, 1.54) is 29.8 Å². The molecule has 2 amide bonds. The normalized spacial score (nSPS) is 14.4. The minimum absolute atomic E-state index is 0.0364. The van der Waals surface area contributed by atoms with E-state index >= 15 is 0 Å². The summed E-state index contributed by atoms with van der Waals surface area (Å²) in [6, 6.07) is 13.8. The highest BCUT2D eigenvalue weighted by molar-refractivity contribution is 7.89. The maximum Gasteiger partial charge on any atom is 0.291 e. The molecule has 1 saturated heterocycles. The number of sulfonamides is 1. The summed E-state index contributed by atoms with van der Waals surface area (Å²) in [4.78, 5) is 24.8. The fourth-order valence-electron chi connectivity index (χ4n) is 3.39. The molecule has 0 unspecified atom stereocenters. The molecule has 3 aromatic rings. The number of rotatable bonds is 7. The lowest BCUT2D eigenvalue weighted by Crippen LogP contribution is -2.40. The Morgan fingerprint density at radius 3 is 2.26 bits per heavy atom. The van der Waals surface area contributed by atoms with Crippen molar-refractivity contribution in [3.8, 4) is 5.75 Å². The average Bonchev–Trinajstić information content (AvgIpc) is 3.40. The van der Waals surface area contributed by atoms with Crippen LogP contribution in [0.25, 0.3) is 0 Å². The molecule has 0 radical (unpaired) electrons. The molecular weight excluding hydrogens is 462 g/mol. The molecule has 178 valence electrons. The maximum atomic E-state index is 13.1. The number of benzene rings is 2. The maximum absolute atomic E-state index is 13.1. The number of anilines is 2. The van der Waals surface area contributed by atoms with Crippen molar-refractivity contribution in [2.45, 2.75) is 4.90 Å². The van der Waals surface area contributed by atoms with Crippen LogP contribution in [0.3, 0.4) is 0 Å². The number of nitrogens with zero attached hydrogens (tertiary/aromatic N) is 1. The monoisotopic (exact) mass is 485 g/mol. The van der Waals surface area contributed by atoms with E-state index in [4.69, 9.17) is 13.9 Å². The molecule has 0 bridgehead atoms. The standard InChI is InChI=1S/C23H23N3O7S/c1-31-19-9-8-18(15-21(19)34(29,30)26-10-13-32-14-11-26)25-22(27)16-4-6-17(7-5-16)24-23(28)20-3-2-12-33-20/h2-9,12,15H,10-11,13-14H2,1H3,(H,24,28)(H,25,27). The second-order valence-electron chi connectivity index (χ2n) is 7.34. The zero-order chi connectivity index (χ0) is 24.1. The van der Waals surface area contributed by atoms with Crippen LogP contribution in [0.1, 0.15) is 20.9 Å². The van der Waals surface area contributed by atoms with E-state index in [1.54, 1.807) is 42.5 Å². The van der Waals surface area contributed by atoms with Gasteiger partial charge in [-0.1, -0.05) is 0 Å². The number of hydrogen-bond donors (Lipinski definition) is 2. The molecule has 0 aliphatic carbocycles. The number of methoxy groups -OCH3 is 1. The Kier molecular flexibility index (Phi) is 6.96. The molecule has 1 aliphatic heterocycles. The van der Waals surface area contributed by atoms with Crippen LogP contribution >= 0.6 is 0 Å². The van der Waals surface area contributed by atoms with Gasteiger partial charge in [0.05, 0.1) is 26.6 Å². The molecule has 10 nitrogen and oxygen atoms in total. The minimum atomic E-state index is -3.83. The fourth-order valence-corrected chi connectivity index (χ4v) is 4.98. The first-order valence-corrected chi connectivity index (χ1v) is 11.8. The largest absolute Gasteiger partial charge is 0.495 e. The lowest BCUT2D eigenvalue weighted by molar-refractivity contribution is 0.0729. The highest BCUT2D eigenvalue weighted by Crippen LogP contribution is 2.30. The number of hydrogen-bond acceptors (Lipinski definition) is 7. The lowest BCUT2D eigenvalue weighted by atomic mass is 10.2. The van der Waals surface area contributed by atoms with Crippen molar-refractivity contribution in [1.29, 1.82) is 0 Å². The summed E-state index contributed by atoms with van der Waals surface area (Å²) >= 11 is 0. The van der Waals surface area contributed by atoms with Gasteiger partial charge in [0.2, 0.25) is 10.0 Å². The number of nitrogens with one attached hydrogen (secondary N) is 2. The first-order chi connectivity index (χ1) is 16.4. The van der Waals surface area contributed by atoms with Crippen LogP contribution in [0.4, 0.5) is 11.4 Å². The van der Waals surface area contributed by atoms with Crippen molar-refractivity contribution in [2.75, 3.05) is 44.0 Å². The predicted molar refractivity (Wildman–Crippen MR) is 124 cm³/mol. The van der Waals surface area contributed by atoms with Gasteiger partial charge >= 0.3 is 0 Å². The molecule has 1 fully saturated rings. The van der Waals surface area contributed by atoms with Crippen molar-refractivity contribution >= 4 is 33.2 Å². The van der Waals surface area contributed by atoms with Crippen LogP contribution in [0.15, 0.2) is 70.2 Å². The summed E-state index contributed by atoms with van der Waals surface area (Å²) in [6.07, 6.45) is 1.40. The van der Waals surface area contributed by atoms with Crippen LogP contribution in [-0.4, -0.2) is 58.0 Å². The number of amides is 2. The van der Waals surface area contributed by atoms with Crippen molar-refractivity contribution in [2.24, 2.45) is 0 Å². The zero-order valence-corrected chi connectivity index (χ0v) is 19.1. The smallest absolute Gasteiger partial charge is 0.291 e. The van der Waals surface area contributed by atoms with Gasteiger partial charge in [-0.05, 0) is 54.6 Å². The Bertz CT molecular complexity index is 1270. The average molecular weight is 486 g/mol. The second kappa shape index (κ2) is 10.1. The summed E-state index contributed by atoms with van der Waals surface area (Å²) in [6.45, 7) is 1.11. The third-order valence-electron chi connectivity index (χ3n) is 5.16. The van der Waals surface area contributed by atoms with Crippen LogP contribution in [0.2, 0.25) is 0 Å². The van der Waals surface area contributed by atoms with Gasteiger partial charge in [0.15, 0.2) is 5.76 Å². The second-order valence-corrected chi connectivity index (χ2v) is 9.25. The van der Waals surface area contributed by atoms with E-state index in [-0.39, 0.29) is 29.5 Å². The third kappa shape index (κ3) is 5.11. The summed E-state index contributed by atoms with van der Waals surface area (Å²) in [7, 11) is -2.45. The molecule has 1 aliphatic rings. The summed E-state index contributed by atoms with van der Waals surface area (Å²) in [5.41, 5.74) is 1.11. The van der Waals surface area contributed by atoms with E-state index in [0.29, 0.717) is 30.2 Å². The molecule has 34 heavy (non-hydrogen) atoms. The molecule has 4 rings (SSSR count). The highest BCUT2D eigenvalue weighted by Gasteiger charge is 2.29. The zero-order valence-electron chi connectivity index (χ0n) is 18.3. The first-order valence-electron chi connectivity index (χ1n) is 10.4. The Morgan fingerprint density at radius 1 is 0.941 bits per heavy atom. The Balaban J connectivity index is 1.48. The van der Waals surface area contributed by atoms with Gasteiger partial charge < -0.3 is 24.5 Å².